The average Bonchev–Trinajstić information content (AvgIpc) is 2.95. The molecular weight excluding hydrogens is 260 g/mol. The highest BCUT2D eigenvalue weighted by Crippen LogP contribution is 2.26. The summed E-state index contributed by atoms with van der Waals surface area (Å²) in [4.78, 5) is 11.8. The van der Waals surface area contributed by atoms with E-state index in [1.807, 2.05) is 6.20 Å². The van der Waals surface area contributed by atoms with E-state index in [2.05, 4.69) is 42.9 Å². The molecule has 0 atom stereocenters. The standard InChI is InChI=1S/C17H30N4/c1-5-21(16-8-6-7-9-16)17-19-12-15(14(4)20-17)11-18-10-13(2)3/h12-13,16,18H,5-11H2,1-4H3. The zero-order valence-electron chi connectivity index (χ0n) is 14.0. The van der Waals surface area contributed by atoms with Crippen molar-refractivity contribution in [2.45, 2.75) is 66.0 Å². The van der Waals surface area contributed by atoms with Gasteiger partial charge in [-0.05, 0) is 39.2 Å². The predicted molar refractivity (Wildman–Crippen MR) is 88.6 cm³/mol. The molecule has 2 rings (SSSR count). The van der Waals surface area contributed by atoms with Crippen molar-refractivity contribution in [2.75, 3.05) is 18.0 Å². The zero-order chi connectivity index (χ0) is 15.2. The van der Waals surface area contributed by atoms with Crippen LogP contribution in [0.1, 0.15) is 57.7 Å². The van der Waals surface area contributed by atoms with Gasteiger partial charge in [-0.25, -0.2) is 9.97 Å². The lowest BCUT2D eigenvalue weighted by atomic mass is 10.2. The summed E-state index contributed by atoms with van der Waals surface area (Å²) in [5.74, 6) is 1.58. The third kappa shape index (κ3) is 4.40. The third-order valence-electron chi connectivity index (χ3n) is 4.30. The lowest BCUT2D eigenvalue weighted by Gasteiger charge is -2.28. The van der Waals surface area contributed by atoms with Gasteiger partial charge in [0.05, 0.1) is 0 Å². The molecule has 0 bridgehead atoms. The van der Waals surface area contributed by atoms with Crippen molar-refractivity contribution in [1.29, 1.82) is 0 Å². The van der Waals surface area contributed by atoms with Crippen molar-refractivity contribution in [3.63, 3.8) is 0 Å². The second-order valence-corrected chi connectivity index (χ2v) is 6.53. The van der Waals surface area contributed by atoms with Gasteiger partial charge in [0.15, 0.2) is 0 Å². The second kappa shape index (κ2) is 7.74. The molecule has 1 aromatic rings. The van der Waals surface area contributed by atoms with Crippen molar-refractivity contribution >= 4 is 5.95 Å². The largest absolute Gasteiger partial charge is 0.338 e. The first-order valence-corrected chi connectivity index (χ1v) is 8.41. The molecule has 118 valence electrons. The molecule has 1 N–H and O–H groups in total. The maximum absolute atomic E-state index is 4.76. The minimum Gasteiger partial charge on any atom is -0.338 e. The maximum Gasteiger partial charge on any atom is 0.225 e. The molecule has 1 saturated carbocycles. The monoisotopic (exact) mass is 290 g/mol. The van der Waals surface area contributed by atoms with Crippen molar-refractivity contribution in [2.24, 2.45) is 5.92 Å². The van der Waals surface area contributed by atoms with Gasteiger partial charge < -0.3 is 10.2 Å². The van der Waals surface area contributed by atoms with Crippen LogP contribution < -0.4 is 10.2 Å². The summed E-state index contributed by atoms with van der Waals surface area (Å²) >= 11 is 0. The molecule has 1 heterocycles. The zero-order valence-corrected chi connectivity index (χ0v) is 14.0. The lowest BCUT2D eigenvalue weighted by molar-refractivity contribution is 0.549. The van der Waals surface area contributed by atoms with Crippen molar-refractivity contribution < 1.29 is 0 Å². The molecule has 4 nitrogen and oxygen atoms in total. The first-order chi connectivity index (χ1) is 10.1. The number of anilines is 1. The molecule has 0 aromatic carbocycles. The van der Waals surface area contributed by atoms with Gasteiger partial charge in [0.1, 0.15) is 0 Å². The minimum absolute atomic E-state index is 0.638. The van der Waals surface area contributed by atoms with Crippen molar-refractivity contribution in [1.82, 2.24) is 15.3 Å². The third-order valence-corrected chi connectivity index (χ3v) is 4.30. The van der Waals surface area contributed by atoms with Gasteiger partial charge in [-0.2, -0.15) is 0 Å². The Kier molecular flexibility index (Phi) is 5.97. The Balaban J connectivity index is 2.02. The molecule has 0 amide bonds. The van der Waals surface area contributed by atoms with Crippen LogP contribution in [0.4, 0.5) is 5.95 Å². The lowest BCUT2D eigenvalue weighted by Crippen LogP contribution is -2.34. The van der Waals surface area contributed by atoms with E-state index in [0.717, 1.165) is 31.3 Å². The highest BCUT2D eigenvalue weighted by Gasteiger charge is 2.23. The number of aromatic nitrogens is 2. The van der Waals surface area contributed by atoms with Gasteiger partial charge in [0.2, 0.25) is 5.95 Å². The van der Waals surface area contributed by atoms with E-state index in [0.29, 0.717) is 12.0 Å². The Labute approximate surface area is 129 Å². The molecule has 21 heavy (non-hydrogen) atoms. The maximum atomic E-state index is 4.76. The van der Waals surface area contributed by atoms with Gasteiger partial charge in [-0.1, -0.05) is 26.7 Å². The Morgan fingerprint density at radius 2 is 2.05 bits per heavy atom. The first kappa shape index (κ1) is 16.2. The number of hydrogen-bond donors (Lipinski definition) is 1. The normalized spacial score (nSPS) is 15.9. The number of aryl methyl sites for hydroxylation is 1. The molecule has 0 spiro atoms. The number of hydrogen-bond acceptors (Lipinski definition) is 4. The smallest absolute Gasteiger partial charge is 0.225 e. The molecule has 1 aliphatic carbocycles. The van der Waals surface area contributed by atoms with Gasteiger partial charge in [-0.15, -0.1) is 0 Å². The van der Waals surface area contributed by atoms with Gasteiger partial charge in [0.25, 0.3) is 0 Å². The van der Waals surface area contributed by atoms with Gasteiger partial charge in [0, 0.05) is 36.6 Å². The van der Waals surface area contributed by atoms with Crippen LogP contribution in [0.2, 0.25) is 0 Å². The molecule has 0 unspecified atom stereocenters. The fraction of sp³-hybridized carbons (Fsp3) is 0.765. The fourth-order valence-electron chi connectivity index (χ4n) is 3.07. The summed E-state index contributed by atoms with van der Waals surface area (Å²) in [5, 5.41) is 3.47. The van der Waals surface area contributed by atoms with E-state index in [4.69, 9.17) is 4.98 Å². The van der Waals surface area contributed by atoms with E-state index < -0.39 is 0 Å². The Morgan fingerprint density at radius 1 is 1.33 bits per heavy atom. The topological polar surface area (TPSA) is 41.1 Å². The van der Waals surface area contributed by atoms with Crippen LogP contribution in [0, 0.1) is 12.8 Å². The van der Waals surface area contributed by atoms with Crippen molar-refractivity contribution in [3.05, 3.63) is 17.5 Å². The summed E-state index contributed by atoms with van der Waals surface area (Å²) in [6, 6.07) is 0.638. The summed E-state index contributed by atoms with van der Waals surface area (Å²) < 4.78 is 0. The first-order valence-electron chi connectivity index (χ1n) is 8.41. The van der Waals surface area contributed by atoms with E-state index in [1.54, 1.807) is 0 Å². The fourth-order valence-corrected chi connectivity index (χ4v) is 3.07. The Morgan fingerprint density at radius 3 is 2.62 bits per heavy atom. The summed E-state index contributed by atoms with van der Waals surface area (Å²) in [7, 11) is 0. The number of nitrogens with one attached hydrogen (secondary N) is 1. The molecule has 0 radical (unpaired) electrons. The van der Waals surface area contributed by atoms with Crippen molar-refractivity contribution in [3.8, 4) is 0 Å². The number of rotatable bonds is 7. The van der Waals surface area contributed by atoms with Gasteiger partial charge in [-0.3, -0.25) is 0 Å². The molecule has 1 fully saturated rings. The van der Waals surface area contributed by atoms with E-state index in [-0.39, 0.29) is 0 Å². The summed E-state index contributed by atoms with van der Waals surface area (Å²) in [6.07, 6.45) is 7.26. The van der Waals surface area contributed by atoms with Crippen LogP contribution in [0.15, 0.2) is 6.20 Å². The summed E-state index contributed by atoms with van der Waals surface area (Å²) in [6.45, 7) is 11.6. The van der Waals surface area contributed by atoms with Crippen LogP contribution >= 0.6 is 0 Å². The average molecular weight is 290 g/mol. The highest BCUT2D eigenvalue weighted by molar-refractivity contribution is 5.34. The summed E-state index contributed by atoms with van der Waals surface area (Å²) in [5.41, 5.74) is 2.31. The molecule has 0 saturated heterocycles. The van der Waals surface area contributed by atoms with Crippen LogP contribution in [0.3, 0.4) is 0 Å². The van der Waals surface area contributed by atoms with Gasteiger partial charge >= 0.3 is 0 Å². The second-order valence-electron chi connectivity index (χ2n) is 6.53. The van der Waals surface area contributed by atoms with E-state index >= 15 is 0 Å². The van der Waals surface area contributed by atoms with Crippen LogP contribution in [-0.2, 0) is 6.54 Å². The quantitative estimate of drug-likeness (QED) is 0.836. The predicted octanol–water partition coefficient (Wildman–Crippen LogP) is 3.30. The molecular formula is C17H30N4. The molecule has 4 heteroatoms. The Bertz CT molecular complexity index is 438. The number of nitrogens with zero attached hydrogens (tertiary/aromatic N) is 3. The van der Waals surface area contributed by atoms with Crippen LogP contribution in [0.5, 0.6) is 0 Å². The van der Waals surface area contributed by atoms with Crippen LogP contribution in [-0.4, -0.2) is 29.1 Å². The Hall–Kier alpha value is -1.16. The van der Waals surface area contributed by atoms with E-state index in [9.17, 15) is 0 Å². The molecule has 1 aromatic heterocycles. The highest BCUT2D eigenvalue weighted by atomic mass is 15.3. The van der Waals surface area contributed by atoms with Crippen LogP contribution in [0.25, 0.3) is 0 Å². The molecule has 0 aliphatic heterocycles. The van der Waals surface area contributed by atoms with E-state index in [1.165, 1.54) is 31.2 Å². The minimum atomic E-state index is 0.638. The molecule has 1 aliphatic rings. The SMILES string of the molecule is CCN(c1ncc(CNCC(C)C)c(C)n1)C1CCCC1.